The summed E-state index contributed by atoms with van der Waals surface area (Å²) < 4.78 is 20.9. The number of anilines is 2. The number of carbonyl (C=O) groups is 2. The smallest absolute Gasteiger partial charge is 0.339 e. The van der Waals surface area contributed by atoms with Crippen molar-refractivity contribution >= 4 is 55.0 Å². The van der Waals surface area contributed by atoms with Crippen molar-refractivity contribution < 1.29 is 18.7 Å². The first-order chi connectivity index (χ1) is 16.1. The quantitative estimate of drug-likeness (QED) is 0.444. The predicted molar refractivity (Wildman–Crippen MR) is 126 cm³/mol. The van der Waals surface area contributed by atoms with Gasteiger partial charge in [-0.2, -0.15) is 0 Å². The van der Waals surface area contributed by atoms with Gasteiger partial charge < -0.3 is 15.0 Å². The molecule has 2 aromatic carbocycles. The second kappa shape index (κ2) is 8.74. The van der Waals surface area contributed by atoms with E-state index < -0.39 is 5.97 Å². The number of carbonyl (C=O) groups excluding carboxylic acids is 2. The van der Waals surface area contributed by atoms with Gasteiger partial charge in [-0.3, -0.25) is 4.79 Å². The van der Waals surface area contributed by atoms with Crippen LogP contribution in [0.3, 0.4) is 0 Å². The number of rotatable bonds is 4. The molecule has 9 heteroatoms. The van der Waals surface area contributed by atoms with Gasteiger partial charge in [-0.05, 0) is 37.1 Å². The van der Waals surface area contributed by atoms with Crippen LogP contribution < -0.4 is 10.2 Å². The summed E-state index contributed by atoms with van der Waals surface area (Å²) >= 11 is 1.48. The number of amides is 1. The molecule has 1 amide bonds. The molecule has 0 bridgehead atoms. The molecule has 0 saturated carbocycles. The Morgan fingerprint density at radius 2 is 1.91 bits per heavy atom. The van der Waals surface area contributed by atoms with Gasteiger partial charge >= 0.3 is 5.97 Å². The second-order valence-corrected chi connectivity index (χ2v) is 8.93. The molecule has 0 aliphatic carbocycles. The minimum absolute atomic E-state index is 0.122. The molecular weight excluding hydrogens is 443 g/mol. The molecule has 168 valence electrons. The van der Waals surface area contributed by atoms with Crippen LogP contribution in [0, 0.1) is 11.7 Å². The Morgan fingerprint density at radius 1 is 1.12 bits per heavy atom. The average Bonchev–Trinajstić information content (AvgIpc) is 3.24. The predicted octanol–water partition coefficient (Wildman–Crippen LogP) is 4.63. The molecule has 0 radical (unpaired) electrons. The number of nitrogens with one attached hydrogen (secondary N) is 1. The Labute approximate surface area is 193 Å². The van der Waals surface area contributed by atoms with Crippen molar-refractivity contribution in [1.29, 1.82) is 0 Å². The third-order valence-corrected chi connectivity index (χ3v) is 7.10. The van der Waals surface area contributed by atoms with Gasteiger partial charge in [-0.1, -0.05) is 18.2 Å². The minimum Gasteiger partial charge on any atom is -0.465 e. The summed E-state index contributed by atoms with van der Waals surface area (Å²) in [4.78, 5) is 35.8. The number of piperidine rings is 1. The fourth-order valence-corrected chi connectivity index (χ4v) is 5.45. The van der Waals surface area contributed by atoms with Crippen LogP contribution in [0.4, 0.5) is 15.9 Å². The highest BCUT2D eigenvalue weighted by atomic mass is 32.1. The van der Waals surface area contributed by atoms with E-state index in [0.29, 0.717) is 48.1 Å². The van der Waals surface area contributed by atoms with Crippen molar-refractivity contribution in [2.45, 2.75) is 12.8 Å². The molecule has 2 aromatic heterocycles. The fourth-order valence-electron chi connectivity index (χ4n) is 4.26. The molecule has 1 aliphatic rings. The van der Waals surface area contributed by atoms with E-state index in [4.69, 9.17) is 4.74 Å². The second-order valence-electron chi connectivity index (χ2n) is 7.88. The molecule has 0 atom stereocenters. The van der Waals surface area contributed by atoms with E-state index in [2.05, 4.69) is 20.2 Å². The lowest BCUT2D eigenvalue weighted by Crippen LogP contribution is -2.38. The lowest BCUT2D eigenvalue weighted by molar-refractivity contribution is -0.120. The van der Waals surface area contributed by atoms with E-state index in [1.807, 2.05) is 6.07 Å². The van der Waals surface area contributed by atoms with E-state index in [9.17, 15) is 14.0 Å². The number of nitrogens with zero attached hydrogens (tertiary/aromatic N) is 3. The molecule has 33 heavy (non-hydrogen) atoms. The van der Waals surface area contributed by atoms with E-state index in [-0.39, 0.29) is 17.6 Å². The largest absolute Gasteiger partial charge is 0.465 e. The molecule has 1 aliphatic heterocycles. The summed E-state index contributed by atoms with van der Waals surface area (Å²) in [6, 6.07) is 11.8. The highest BCUT2D eigenvalue weighted by Crippen LogP contribution is 2.39. The average molecular weight is 465 g/mol. The van der Waals surface area contributed by atoms with Gasteiger partial charge in [0.2, 0.25) is 5.91 Å². The van der Waals surface area contributed by atoms with Crippen molar-refractivity contribution in [3.8, 4) is 0 Å². The third kappa shape index (κ3) is 3.89. The number of halogens is 1. The number of hydrogen-bond donors (Lipinski definition) is 1. The minimum atomic E-state index is -0.492. The number of esters is 1. The maximum absolute atomic E-state index is 14.4. The molecule has 1 saturated heterocycles. The van der Waals surface area contributed by atoms with Gasteiger partial charge in [0.25, 0.3) is 0 Å². The highest BCUT2D eigenvalue weighted by Gasteiger charge is 2.28. The van der Waals surface area contributed by atoms with Crippen LogP contribution in [0.15, 0.2) is 48.8 Å². The Bertz CT molecular complexity index is 1360. The van der Waals surface area contributed by atoms with Crippen LogP contribution in [0.25, 0.3) is 20.3 Å². The van der Waals surface area contributed by atoms with Crippen LogP contribution >= 0.6 is 11.3 Å². The van der Waals surface area contributed by atoms with Gasteiger partial charge in [-0.25, -0.2) is 19.2 Å². The highest BCUT2D eigenvalue weighted by molar-refractivity contribution is 7.26. The van der Waals surface area contributed by atoms with E-state index in [0.717, 1.165) is 15.2 Å². The van der Waals surface area contributed by atoms with E-state index in [1.165, 1.54) is 30.8 Å². The summed E-state index contributed by atoms with van der Waals surface area (Å²) in [7, 11) is 1.31. The molecule has 7 nitrogen and oxygen atoms in total. The van der Waals surface area contributed by atoms with E-state index >= 15 is 0 Å². The topological polar surface area (TPSA) is 84.4 Å². The maximum atomic E-state index is 14.4. The SMILES string of the molecule is COC(=O)c1ccccc1NC(=O)C1CCN(c2ncnc3c2sc2cccc(F)c23)CC1. The fraction of sp³-hybridized carbons (Fsp3) is 0.250. The van der Waals surface area contributed by atoms with Crippen molar-refractivity contribution in [3.63, 3.8) is 0 Å². The zero-order valence-electron chi connectivity index (χ0n) is 17.9. The first-order valence-corrected chi connectivity index (χ1v) is 11.4. The summed E-state index contributed by atoms with van der Waals surface area (Å²) in [5.41, 5.74) is 1.39. The van der Waals surface area contributed by atoms with Crippen LogP contribution in [0.1, 0.15) is 23.2 Å². The Kier molecular flexibility index (Phi) is 5.63. The van der Waals surface area contributed by atoms with Crippen molar-refractivity contribution in [2.75, 3.05) is 30.4 Å². The van der Waals surface area contributed by atoms with Crippen LogP contribution in [-0.4, -0.2) is 42.0 Å². The lowest BCUT2D eigenvalue weighted by Gasteiger charge is -2.32. The number of hydrogen-bond acceptors (Lipinski definition) is 7. The number of para-hydroxylation sites is 1. The summed E-state index contributed by atoms with van der Waals surface area (Å²) in [6.07, 6.45) is 2.74. The van der Waals surface area contributed by atoms with Gasteiger partial charge in [0.1, 0.15) is 18.0 Å². The Balaban J connectivity index is 1.32. The van der Waals surface area contributed by atoms with Crippen molar-refractivity contribution in [1.82, 2.24) is 9.97 Å². The molecule has 5 rings (SSSR count). The van der Waals surface area contributed by atoms with Crippen LogP contribution in [-0.2, 0) is 9.53 Å². The normalized spacial score (nSPS) is 14.5. The third-order valence-electron chi connectivity index (χ3n) is 5.96. The molecule has 0 spiro atoms. The number of thiophene rings is 1. The van der Waals surface area contributed by atoms with E-state index in [1.54, 1.807) is 30.3 Å². The van der Waals surface area contributed by atoms with Gasteiger partial charge in [0.05, 0.1) is 34.0 Å². The Morgan fingerprint density at radius 3 is 2.70 bits per heavy atom. The van der Waals surface area contributed by atoms with Gasteiger partial charge in [-0.15, -0.1) is 11.3 Å². The first-order valence-electron chi connectivity index (χ1n) is 10.6. The lowest BCUT2D eigenvalue weighted by atomic mass is 9.95. The Hall–Kier alpha value is -3.59. The number of fused-ring (bicyclic) bond motifs is 3. The van der Waals surface area contributed by atoms with Gasteiger partial charge in [0.15, 0.2) is 0 Å². The van der Waals surface area contributed by atoms with Crippen LogP contribution in [0.5, 0.6) is 0 Å². The van der Waals surface area contributed by atoms with Crippen LogP contribution in [0.2, 0.25) is 0 Å². The number of benzene rings is 2. The molecule has 0 unspecified atom stereocenters. The van der Waals surface area contributed by atoms with Crippen molar-refractivity contribution in [2.24, 2.45) is 5.92 Å². The molecular formula is C24H21FN4O3S. The van der Waals surface area contributed by atoms with Gasteiger partial charge in [0, 0.05) is 23.7 Å². The number of aromatic nitrogens is 2. The number of ether oxygens (including phenoxy) is 1. The molecule has 4 aromatic rings. The summed E-state index contributed by atoms with van der Waals surface area (Å²) in [5, 5.41) is 3.41. The molecule has 1 fully saturated rings. The zero-order chi connectivity index (χ0) is 22.9. The standard InChI is InChI=1S/C24H21FN4O3S/c1-32-24(31)15-5-2-3-7-17(15)28-23(30)14-9-11-29(12-10-14)22-21-20(26-13-27-22)19-16(25)6-4-8-18(19)33-21/h2-8,13-14H,9-12H2,1H3,(H,28,30). The maximum Gasteiger partial charge on any atom is 0.339 e. The summed E-state index contributed by atoms with van der Waals surface area (Å²) in [6.45, 7) is 1.28. The number of methoxy groups -OCH3 is 1. The first kappa shape index (κ1) is 21.3. The summed E-state index contributed by atoms with van der Waals surface area (Å²) in [5.74, 6) is -0.318. The monoisotopic (exact) mass is 464 g/mol. The molecule has 3 heterocycles. The zero-order valence-corrected chi connectivity index (χ0v) is 18.7. The molecule has 1 N–H and O–H groups in total. The van der Waals surface area contributed by atoms with Crippen molar-refractivity contribution in [3.05, 3.63) is 60.2 Å².